The van der Waals surface area contributed by atoms with Gasteiger partial charge in [-0.1, -0.05) is 31.9 Å². The van der Waals surface area contributed by atoms with Crippen molar-refractivity contribution >= 4 is 40.6 Å². The maximum absolute atomic E-state index is 13.6. The van der Waals surface area contributed by atoms with Crippen molar-refractivity contribution in [2.24, 2.45) is 5.73 Å². The molecule has 3 rings (SSSR count). The summed E-state index contributed by atoms with van der Waals surface area (Å²) in [5.74, 6) is -1.17. The van der Waals surface area contributed by atoms with Gasteiger partial charge in [-0.2, -0.15) is 4.37 Å². The predicted octanol–water partition coefficient (Wildman–Crippen LogP) is 2.32. The van der Waals surface area contributed by atoms with Crippen LogP contribution in [0.2, 0.25) is 0 Å². The first-order valence-electron chi connectivity index (χ1n) is 10.2. The number of hydrogen-bond acceptors (Lipinski definition) is 7. The second-order valence-corrected chi connectivity index (χ2v) is 8.17. The van der Waals surface area contributed by atoms with Crippen LogP contribution >= 0.6 is 11.5 Å². The summed E-state index contributed by atoms with van der Waals surface area (Å²) >= 11 is 0.782. The van der Waals surface area contributed by atoms with Crippen molar-refractivity contribution in [1.82, 2.24) is 9.69 Å². The quantitative estimate of drug-likeness (QED) is 0.569. The Bertz CT molecular complexity index is 970. The van der Waals surface area contributed by atoms with Gasteiger partial charge in [0, 0.05) is 6.04 Å². The third-order valence-corrected chi connectivity index (χ3v) is 6.27. The molecule has 1 aliphatic carbocycles. The van der Waals surface area contributed by atoms with Crippen LogP contribution in [0.4, 0.5) is 11.4 Å². The minimum Gasteiger partial charge on any atom is -0.495 e. The van der Waals surface area contributed by atoms with Gasteiger partial charge in [-0.25, -0.2) is 0 Å². The summed E-state index contributed by atoms with van der Waals surface area (Å²) in [6, 6.07) is 6.24. The molecule has 2 aromatic rings. The normalized spacial score (nSPS) is 14.8. The smallest absolute Gasteiger partial charge is 0.272 e. The number of ether oxygens (including phenoxy) is 1. The van der Waals surface area contributed by atoms with E-state index in [1.165, 1.54) is 12.0 Å². The van der Waals surface area contributed by atoms with Crippen LogP contribution in [-0.2, 0) is 4.79 Å². The minimum atomic E-state index is -0.817. The van der Waals surface area contributed by atoms with Gasteiger partial charge < -0.3 is 21.5 Å². The molecule has 0 saturated heterocycles. The maximum Gasteiger partial charge on any atom is 0.272 e. The SMILES string of the molecule is CC[C@H](C(=O)NC1CCCC1)N(C(=O)c1snc(C(N)=O)c1N)c1ccccc1OC. The van der Waals surface area contributed by atoms with E-state index in [1.807, 2.05) is 6.92 Å². The second kappa shape index (κ2) is 9.78. The molecule has 0 unspecified atom stereocenters. The number of nitrogens with zero attached hydrogens (tertiary/aromatic N) is 2. The largest absolute Gasteiger partial charge is 0.495 e. The number of nitrogens with two attached hydrogens (primary N) is 2. The topological polar surface area (TPSA) is 141 Å². The number of amides is 3. The first-order chi connectivity index (χ1) is 14.9. The zero-order valence-electron chi connectivity index (χ0n) is 17.6. The highest BCUT2D eigenvalue weighted by molar-refractivity contribution is 7.09. The molecule has 0 bridgehead atoms. The number of primary amides is 1. The number of rotatable bonds is 8. The summed E-state index contributed by atoms with van der Waals surface area (Å²) in [5, 5.41) is 3.07. The summed E-state index contributed by atoms with van der Waals surface area (Å²) in [6.07, 6.45) is 4.36. The van der Waals surface area contributed by atoms with E-state index in [0.717, 1.165) is 37.2 Å². The zero-order valence-corrected chi connectivity index (χ0v) is 18.4. The molecular formula is C21H27N5O4S. The highest BCUT2D eigenvalue weighted by Gasteiger charge is 2.36. The molecule has 166 valence electrons. The van der Waals surface area contributed by atoms with Crippen molar-refractivity contribution in [2.45, 2.75) is 51.1 Å². The van der Waals surface area contributed by atoms with Crippen LogP contribution < -0.4 is 26.4 Å². The lowest BCUT2D eigenvalue weighted by molar-refractivity contribution is -0.123. The second-order valence-electron chi connectivity index (χ2n) is 7.40. The van der Waals surface area contributed by atoms with Crippen LogP contribution in [-0.4, -0.2) is 41.3 Å². The highest BCUT2D eigenvalue weighted by atomic mass is 32.1. The molecule has 1 aliphatic rings. The van der Waals surface area contributed by atoms with Gasteiger partial charge in [0.2, 0.25) is 5.91 Å². The molecule has 1 aromatic carbocycles. The van der Waals surface area contributed by atoms with Crippen LogP contribution in [0.5, 0.6) is 5.75 Å². The fourth-order valence-corrected chi connectivity index (χ4v) is 4.58. The van der Waals surface area contributed by atoms with E-state index in [0.29, 0.717) is 17.9 Å². The van der Waals surface area contributed by atoms with Gasteiger partial charge in [0.25, 0.3) is 11.8 Å². The number of methoxy groups -OCH3 is 1. The van der Waals surface area contributed by atoms with Crippen molar-refractivity contribution in [1.29, 1.82) is 0 Å². The average Bonchev–Trinajstić information content (AvgIpc) is 3.40. The van der Waals surface area contributed by atoms with Crippen LogP contribution in [0, 0.1) is 0 Å². The van der Waals surface area contributed by atoms with E-state index in [1.54, 1.807) is 24.3 Å². The molecule has 3 amide bonds. The van der Waals surface area contributed by atoms with Gasteiger partial charge in [0.1, 0.15) is 16.7 Å². The number of nitrogens with one attached hydrogen (secondary N) is 1. The lowest BCUT2D eigenvalue weighted by Crippen LogP contribution is -2.51. The summed E-state index contributed by atoms with van der Waals surface area (Å²) in [6.45, 7) is 1.83. The third kappa shape index (κ3) is 4.63. The van der Waals surface area contributed by atoms with Crippen LogP contribution in [0.25, 0.3) is 0 Å². The van der Waals surface area contributed by atoms with E-state index in [2.05, 4.69) is 9.69 Å². The fourth-order valence-electron chi connectivity index (χ4n) is 3.84. The third-order valence-electron chi connectivity index (χ3n) is 5.42. The Balaban J connectivity index is 2.04. The van der Waals surface area contributed by atoms with Crippen LogP contribution in [0.3, 0.4) is 0 Å². The molecule has 0 aliphatic heterocycles. The van der Waals surface area contributed by atoms with Crippen molar-refractivity contribution in [3.8, 4) is 5.75 Å². The van der Waals surface area contributed by atoms with E-state index >= 15 is 0 Å². The Kier molecular flexibility index (Phi) is 7.11. The molecule has 1 heterocycles. The molecule has 5 N–H and O–H groups in total. The lowest BCUT2D eigenvalue weighted by Gasteiger charge is -2.32. The van der Waals surface area contributed by atoms with Gasteiger partial charge in [0.15, 0.2) is 5.69 Å². The average molecular weight is 446 g/mol. The van der Waals surface area contributed by atoms with E-state index in [4.69, 9.17) is 16.2 Å². The molecular weight excluding hydrogens is 418 g/mol. The van der Waals surface area contributed by atoms with Gasteiger partial charge in [-0.05, 0) is 42.9 Å². The first-order valence-corrected chi connectivity index (χ1v) is 11.0. The van der Waals surface area contributed by atoms with Gasteiger partial charge in [-0.15, -0.1) is 0 Å². The molecule has 1 aromatic heterocycles. The summed E-state index contributed by atoms with van der Waals surface area (Å²) in [4.78, 5) is 39.8. The van der Waals surface area contributed by atoms with Gasteiger partial charge >= 0.3 is 0 Å². The number of carbonyl (C=O) groups is 3. The molecule has 1 saturated carbocycles. The summed E-state index contributed by atoms with van der Waals surface area (Å²) in [5.41, 5.74) is 11.5. The Hall–Kier alpha value is -3.14. The Labute approximate surface area is 184 Å². The number of nitrogen functional groups attached to an aromatic ring is 1. The van der Waals surface area contributed by atoms with E-state index < -0.39 is 17.9 Å². The number of anilines is 2. The van der Waals surface area contributed by atoms with E-state index in [-0.39, 0.29) is 28.2 Å². The predicted molar refractivity (Wildman–Crippen MR) is 119 cm³/mol. The Morgan fingerprint density at radius 3 is 2.55 bits per heavy atom. The summed E-state index contributed by atoms with van der Waals surface area (Å²) in [7, 11) is 1.49. The number of hydrogen-bond donors (Lipinski definition) is 3. The Morgan fingerprint density at radius 2 is 1.97 bits per heavy atom. The molecule has 1 atom stereocenters. The number of aromatic nitrogens is 1. The maximum atomic E-state index is 13.6. The summed E-state index contributed by atoms with van der Waals surface area (Å²) < 4.78 is 9.38. The number of para-hydroxylation sites is 2. The Morgan fingerprint density at radius 1 is 1.29 bits per heavy atom. The van der Waals surface area contributed by atoms with Crippen LogP contribution in [0.1, 0.15) is 59.2 Å². The monoisotopic (exact) mass is 445 g/mol. The fraction of sp³-hybridized carbons (Fsp3) is 0.429. The number of benzene rings is 1. The van der Waals surface area contributed by atoms with Crippen molar-refractivity contribution in [2.75, 3.05) is 17.7 Å². The lowest BCUT2D eigenvalue weighted by atomic mass is 10.1. The van der Waals surface area contributed by atoms with E-state index in [9.17, 15) is 14.4 Å². The first kappa shape index (κ1) is 22.5. The van der Waals surface area contributed by atoms with Crippen molar-refractivity contribution < 1.29 is 19.1 Å². The molecule has 1 fully saturated rings. The standard InChI is InChI=1S/C21H27N5O4S/c1-3-13(20(28)24-12-8-4-5-9-12)26(14-10-6-7-11-15(14)30-2)21(29)18-16(22)17(19(23)27)25-31-18/h6-7,10-13H,3-5,8-9,22H2,1-2H3,(H2,23,27)(H,24,28)/t13-/m1/s1. The van der Waals surface area contributed by atoms with Crippen molar-refractivity contribution in [3.63, 3.8) is 0 Å². The van der Waals surface area contributed by atoms with Gasteiger partial charge in [0.05, 0.1) is 18.5 Å². The minimum absolute atomic E-state index is 0.0480. The molecule has 31 heavy (non-hydrogen) atoms. The number of carbonyl (C=O) groups excluding carboxylic acids is 3. The van der Waals surface area contributed by atoms with Crippen LogP contribution in [0.15, 0.2) is 24.3 Å². The zero-order chi connectivity index (χ0) is 22.5. The highest BCUT2D eigenvalue weighted by Crippen LogP contribution is 2.34. The molecule has 10 heteroatoms. The molecule has 0 radical (unpaired) electrons. The molecule has 9 nitrogen and oxygen atoms in total. The van der Waals surface area contributed by atoms with Gasteiger partial charge in [-0.3, -0.25) is 19.3 Å². The van der Waals surface area contributed by atoms with Crippen molar-refractivity contribution in [3.05, 3.63) is 34.8 Å². The molecule has 0 spiro atoms.